The number of rotatable bonds is 6. The van der Waals surface area contributed by atoms with Crippen LogP contribution in [0.25, 0.3) is 10.2 Å². The molecule has 0 radical (unpaired) electrons. The number of alkyl halides is 3. The van der Waals surface area contributed by atoms with E-state index < -0.39 is 33.7 Å². The highest BCUT2D eigenvalue weighted by atomic mass is 32.2. The van der Waals surface area contributed by atoms with E-state index >= 15 is 0 Å². The van der Waals surface area contributed by atoms with Crippen molar-refractivity contribution in [3.05, 3.63) is 57.7 Å². The molecule has 178 valence electrons. The number of carbonyl (C=O) groups excluding carboxylic acids is 1. The van der Waals surface area contributed by atoms with Crippen molar-refractivity contribution in [2.45, 2.75) is 39.0 Å². The topological polar surface area (TPSA) is 88.5 Å². The maximum absolute atomic E-state index is 13.1. The van der Waals surface area contributed by atoms with Gasteiger partial charge in [-0.2, -0.15) is 13.2 Å². The van der Waals surface area contributed by atoms with Crippen molar-refractivity contribution in [3.8, 4) is 0 Å². The average molecular weight is 502 g/mol. The molecule has 12 heteroatoms. The van der Waals surface area contributed by atoms with Crippen molar-refractivity contribution >= 4 is 48.9 Å². The van der Waals surface area contributed by atoms with Crippen molar-refractivity contribution in [2.24, 2.45) is 0 Å². The van der Waals surface area contributed by atoms with Gasteiger partial charge in [-0.3, -0.25) is 18.5 Å². The van der Waals surface area contributed by atoms with Crippen LogP contribution in [0.5, 0.6) is 0 Å². The van der Waals surface area contributed by atoms with Crippen LogP contribution in [-0.4, -0.2) is 31.2 Å². The third-order valence-corrected chi connectivity index (χ3v) is 7.07. The summed E-state index contributed by atoms with van der Waals surface area (Å²) in [6, 6.07) is 7.22. The summed E-state index contributed by atoms with van der Waals surface area (Å²) in [7, 11) is -4.10. The van der Waals surface area contributed by atoms with Crippen molar-refractivity contribution < 1.29 is 26.4 Å². The van der Waals surface area contributed by atoms with E-state index in [-0.39, 0.29) is 16.6 Å². The third kappa shape index (κ3) is 5.22. The molecule has 33 heavy (non-hydrogen) atoms. The number of benzene rings is 2. The van der Waals surface area contributed by atoms with E-state index in [0.29, 0.717) is 26.3 Å². The monoisotopic (exact) mass is 501 g/mol. The number of hydrogen-bond donors (Lipinski definition) is 1. The molecule has 1 heterocycles. The summed E-state index contributed by atoms with van der Waals surface area (Å²) in [5.74, 6) is -0.743. The molecule has 1 aromatic heterocycles. The molecule has 0 saturated heterocycles. The number of hydrogen-bond acceptors (Lipinski definition) is 5. The van der Waals surface area contributed by atoms with Gasteiger partial charge in [0, 0.05) is 11.7 Å². The highest BCUT2D eigenvalue weighted by Crippen LogP contribution is 2.33. The van der Waals surface area contributed by atoms with Crippen molar-refractivity contribution in [2.75, 3.05) is 15.9 Å². The van der Waals surface area contributed by atoms with E-state index in [9.17, 15) is 31.2 Å². The molecule has 0 spiro atoms. The van der Waals surface area contributed by atoms with Gasteiger partial charge < -0.3 is 5.32 Å². The highest BCUT2D eigenvalue weighted by Gasteiger charge is 2.34. The molecule has 1 amide bonds. The Labute approximate surface area is 192 Å². The Balaban J connectivity index is 1.93. The van der Waals surface area contributed by atoms with Gasteiger partial charge >= 0.3 is 11.0 Å². The molecule has 0 unspecified atom stereocenters. The molecule has 2 aromatic carbocycles. The fourth-order valence-electron chi connectivity index (χ4n) is 3.48. The van der Waals surface area contributed by atoms with Gasteiger partial charge in [0.1, 0.15) is 6.04 Å². The second kappa shape index (κ2) is 8.82. The molecule has 1 atom stereocenters. The first-order valence-corrected chi connectivity index (χ1v) is 12.5. The zero-order chi connectivity index (χ0) is 24.7. The van der Waals surface area contributed by atoms with Crippen molar-refractivity contribution in [1.29, 1.82) is 0 Å². The van der Waals surface area contributed by atoms with E-state index in [1.54, 1.807) is 22.8 Å². The van der Waals surface area contributed by atoms with Gasteiger partial charge in [0.2, 0.25) is 15.9 Å². The van der Waals surface area contributed by atoms with Gasteiger partial charge in [-0.1, -0.05) is 17.4 Å². The minimum Gasteiger partial charge on any atom is -0.324 e. The van der Waals surface area contributed by atoms with Gasteiger partial charge in [0.25, 0.3) is 0 Å². The van der Waals surface area contributed by atoms with Crippen molar-refractivity contribution in [1.82, 2.24) is 4.57 Å². The zero-order valence-corrected chi connectivity index (χ0v) is 19.8. The summed E-state index contributed by atoms with van der Waals surface area (Å²) in [6.45, 7) is 5.03. The predicted octanol–water partition coefficient (Wildman–Crippen LogP) is 4.46. The van der Waals surface area contributed by atoms with Crippen LogP contribution in [0.2, 0.25) is 0 Å². The summed E-state index contributed by atoms with van der Waals surface area (Å²) in [5.41, 5.74) is -0.282. The normalized spacial score (nSPS) is 13.3. The van der Waals surface area contributed by atoms with Crippen LogP contribution in [-0.2, 0) is 21.0 Å². The molecule has 0 aliphatic rings. The summed E-state index contributed by atoms with van der Waals surface area (Å²) < 4.78 is 67.0. The number of nitrogens with one attached hydrogen (secondary N) is 1. The first-order valence-electron chi connectivity index (χ1n) is 9.82. The number of anilines is 2. The number of halogens is 3. The lowest BCUT2D eigenvalue weighted by Crippen LogP contribution is -2.45. The van der Waals surface area contributed by atoms with E-state index in [0.717, 1.165) is 29.7 Å². The number of fused-ring (bicyclic) bond motifs is 1. The number of amides is 1. The maximum Gasteiger partial charge on any atom is 0.416 e. The van der Waals surface area contributed by atoms with Crippen LogP contribution >= 0.6 is 11.3 Å². The maximum atomic E-state index is 13.1. The van der Waals surface area contributed by atoms with Gasteiger partial charge in [0.05, 0.1) is 27.7 Å². The van der Waals surface area contributed by atoms with Gasteiger partial charge in [0.15, 0.2) is 0 Å². The first-order chi connectivity index (χ1) is 15.2. The summed E-state index contributed by atoms with van der Waals surface area (Å²) in [5, 5.41) is 2.59. The Morgan fingerprint density at radius 1 is 1.12 bits per heavy atom. The highest BCUT2D eigenvalue weighted by molar-refractivity contribution is 7.92. The molecule has 0 bridgehead atoms. The molecule has 3 aromatic rings. The van der Waals surface area contributed by atoms with Gasteiger partial charge in [-0.15, -0.1) is 0 Å². The number of nitrogens with zero attached hydrogens (tertiary/aromatic N) is 2. The Kier molecular flexibility index (Phi) is 6.62. The van der Waals surface area contributed by atoms with Crippen LogP contribution in [0, 0.1) is 0 Å². The van der Waals surface area contributed by atoms with E-state index in [1.807, 2.05) is 13.8 Å². The largest absolute Gasteiger partial charge is 0.416 e. The summed E-state index contributed by atoms with van der Waals surface area (Å²) in [4.78, 5) is 24.9. The molecule has 0 fully saturated rings. The molecular weight excluding hydrogens is 479 g/mol. The standard InChI is InChI=1S/C21H22F3N3O4S2/c1-12(2)26-17-9-8-15(11-18(17)32-20(26)29)25-19(28)13(3)27(33(4,30)31)16-7-5-6-14(10-16)21(22,23)24/h5-13H,1-4H3,(H,25,28)/t13-/m0/s1. The summed E-state index contributed by atoms with van der Waals surface area (Å²) >= 11 is 1.01. The minimum atomic E-state index is -4.67. The molecule has 0 aliphatic carbocycles. The van der Waals surface area contributed by atoms with E-state index in [1.165, 1.54) is 13.0 Å². The SMILES string of the molecule is CC(C)n1c(=O)sc2cc(NC(=O)[C@H](C)N(c3cccc(C(F)(F)F)c3)S(C)(=O)=O)ccc21. The molecule has 3 rings (SSSR count). The molecule has 7 nitrogen and oxygen atoms in total. The second-order valence-corrected chi connectivity index (χ2v) is 10.6. The van der Waals surface area contributed by atoms with Crippen LogP contribution < -0.4 is 14.5 Å². The van der Waals surface area contributed by atoms with Gasteiger partial charge in [-0.05, 0) is 57.2 Å². The minimum absolute atomic E-state index is 0.0532. The second-order valence-electron chi connectivity index (χ2n) is 7.79. The Morgan fingerprint density at radius 3 is 2.36 bits per heavy atom. The quantitative estimate of drug-likeness (QED) is 0.540. The summed E-state index contributed by atoms with van der Waals surface area (Å²) in [6.07, 6.45) is -3.86. The molecule has 0 aliphatic heterocycles. The molecular formula is C21H22F3N3O4S2. The van der Waals surface area contributed by atoms with Gasteiger partial charge in [-0.25, -0.2) is 8.42 Å². The van der Waals surface area contributed by atoms with Crippen LogP contribution in [0.15, 0.2) is 47.3 Å². The van der Waals surface area contributed by atoms with Crippen molar-refractivity contribution in [3.63, 3.8) is 0 Å². The Hall–Kier alpha value is -2.86. The molecule has 1 N–H and O–H groups in total. The number of sulfonamides is 1. The third-order valence-electron chi connectivity index (χ3n) is 4.91. The van der Waals surface area contributed by atoms with E-state index in [2.05, 4.69) is 5.32 Å². The predicted molar refractivity (Wildman–Crippen MR) is 123 cm³/mol. The average Bonchev–Trinajstić information content (AvgIpc) is 3.01. The smallest absolute Gasteiger partial charge is 0.324 e. The number of carbonyl (C=O) groups is 1. The van der Waals surface area contributed by atoms with Crippen LogP contribution in [0.4, 0.5) is 24.5 Å². The van der Waals surface area contributed by atoms with E-state index in [4.69, 9.17) is 0 Å². The first kappa shape index (κ1) is 24.8. The Bertz CT molecular complexity index is 1360. The van der Waals surface area contributed by atoms with Crippen LogP contribution in [0.3, 0.4) is 0 Å². The lowest BCUT2D eigenvalue weighted by molar-refractivity contribution is -0.137. The molecule has 0 saturated carbocycles. The lowest BCUT2D eigenvalue weighted by atomic mass is 10.1. The van der Waals surface area contributed by atoms with Crippen LogP contribution in [0.1, 0.15) is 32.4 Å². The Morgan fingerprint density at radius 2 is 1.79 bits per heavy atom. The fourth-order valence-corrected chi connectivity index (χ4v) is 5.70. The lowest BCUT2D eigenvalue weighted by Gasteiger charge is -2.28. The number of aromatic nitrogens is 1. The zero-order valence-electron chi connectivity index (χ0n) is 18.2. The fraction of sp³-hybridized carbons (Fsp3) is 0.333. The number of thiazole rings is 1.